The zero-order valence-corrected chi connectivity index (χ0v) is 11.2. The molecule has 2 aromatic heterocycles. The summed E-state index contributed by atoms with van der Waals surface area (Å²) in [5.74, 6) is 0.729. The Bertz CT molecular complexity index is 541. The molecule has 0 bridgehead atoms. The summed E-state index contributed by atoms with van der Waals surface area (Å²) >= 11 is 5.89. The molecule has 5 nitrogen and oxygen atoms in total. The van der Waals surface area contributed by atoms with Crippen LogP contribution in [0.25, 0.3) is 11.2 Å². The average molecular weight is 254 g/mol. The first-order chi connectivity index (χ1) is 7.90. The number of aryl methyl sites for hydroxylation is 1. The average Bonchev–Trinajstić information content (AvgIpc) is 2.57. The fourth-order valence-corrected chi connectivity index (χ4v) is 1.80. The maximum Gasteiger partial charge on any atom is 0.226 e. The summed E-state index contributed by atoms with van der Waals surface area (Å²) in [6.45, 7) is 9.08. The van der Waals surface area contributed by atoms with Gasteiger partial charge in [0.05, 0.1) is 6.33 Å². The van der Waals surface area contributed by atoms with Gasteiger partial charge in [0.2, 0.25) is 5.28 Å². The Balaban J connectivity index is 2.62. The lowest BCUT2D eigenvalue weighted by atomic mass is 10.1. The number of nitrogens with one attached hydrogen (secondary N) is 1. The van der Waals surface area contributed by atoms with E-state index in [1.54, 1.807) is 6.33 Å². The molecule has 0 saturated carbocycles. The van der Waals surface area contributed by atoms with Crippen LogP contribution < -0.4 is 5.32 Å². The summed E-state index contributed by atoms with van der Waals surface area (Å²) in [4.78, 5) is 12.6. The fraction of sp³-hybridized carbons (Fsp3) is 0.545. The minimum absolute atomic E-state index is 0.0898. The highest BCUT2D eigenvalue weighted by atomic mass is 35.5. The molecule has 2 aromatic rings. The van der Waals surface area contributed by atoms with E-state index in [0.29, 0.717) is 5.65 Å². The van der Waals surface area contributed by atoms with Crippen LogP contribution in [0.15, 0.2) is 6.33 Å². The van der Waals surface area contributed by atoms with Crippen LogP contribution in [0.3, 0.4) is 0 Å². The van der Waals surface area contributed by atoms with Gasteiger partial charge in [-0.15, -0.1) is 0 Å². The van der Waals surface area contributed by atoms with E-state index in [1.165, 1.54) is 0 Å². The molecule has 92 valence electrons. The molecule has 0 unspecified atom stereocenters. The van der Waals surface area contributed by atoms with Crippen LogP contribution in [0.2, 0.25) is 5.28 Å². The Morgan fingerprint density at radius 3 is 2.65 bits per heavy atom. The number of rotatable bonds is 2. The maximum atomic E-state index is 5.89. The van der Waals surface area contributed by atoms with Crippen molar-refractivity contribution in [1.29, 1.82) is 0 Å². The number of fused-ring (bicyclic) bond motifs is 1. The summed E-state index contributed by atoms with van der Waals surface area (Å²) in [6.07, 6.45) is 1.75. The number of halogens is 1. The van der Waals surface area contributed by atoms with Crippen LogP contribution in [0.4, 0.5) is 5.82 Å². The van der Waals surface area contributed by atoms with Crippen molar-refractivity contribution in [3.63, 3.8) is 0 Å². The molecular weight excluding hydrogens is 238 g/mol. The molecule has 2 rings (SSSR count). The lowest BCUT2D eigenvalue weighted by Gasteiger charge is -2.22. The van der Waals surface area contributed by atoms with Crippen LogP contribution in [0, 0.1) is 0 Å². The van der Waals surface area contributed by atoms with Gasteiger partial charge < -0.3 is 9.88 Å². The summed E-state index contributed by atoms with van der Waals surface area (Å²) in [7, 11) is 0. The number of nitrogens with zero attached hydrogens (tertiary/aromatic N) is 4. The molecule has 1 N–H and O–H groups in total. The molecule has 0 aliphatic rings. The van der Waals surface area contributed by atoms with Gasteiger partial charge >= 0.3 is 0 Å². The van der Waals surface area contributed by atoms with Gasteiger partial charge in [0, 0.05) is 12.1 Å². The Morgan fingerprint density at radius 1 is 1.35 bits per heavy atom. The van der Waals surface area contributed by atoms with Crippen molar-refractivity contribution in [3.8, 4) is 0 Å². The van der Waals surface area contributed by atoms with Gasteiger partial charge in [0.25, 0.3) is 0 Å². The largest absolute Gasteiger partial charge is 0.364 e. The Labute approximate surface area is 105 Å². The van der Waals surface area contributed by atoms with Gasteiger partial charge in [-0.3, -0.25) is 0 Å². The van der Waals surface area contributed by atoms with Gasteiger partial charge in [-0.25, -0.2) is 4.98 Å². The van der Waals surface area contributed by atoms with E-state index in [-0.39, 0.29) is 10.8 Å². The number of anilines is 1. The van der Waals surface area contributed by atoms with Crippen molar-refractivity contribution in [2.24, 2.45) is 0 Å². The van der Waals surface area contributed by atoms with Gasteiger partial charge in [-0.2, -0.15) is 9.97 Å². The molecule has 0 amide bonds. The van der Waals surface area contributed by atoms with E-state index in [0.717, 1.165) is 17.9 Å². The van der Waals surface area contributed by atoms with E-state index in [2.05, 4.69) is 48.0 Å². The molecule has 6 heteroatoms. The molecule has 2 heterocycles. The Kier molecular flexibility index (Phi) is 2.95. The predicted molar refractivity (Wildman–Crippen MR) is 69.4 cm³/mol. The topological polar surface area (TPSA) is 55.6 Å². The molecular formula is C11H16ClN5. The summed E-state index contributed by atoms with van der Waals surface area (Å²) in [5.41, 5.74) is 1.43. The third kappa shape index (κ3) is 2.49. The first-order valence-electron chi connectivity index (χ1n) is 5.57. The van der Waals surface area contributed by atoms with Crippen molar-refractivity contribution in [2.75, 3.05) is 5.32 Å². The molecule has 0 radical (unpaired) electrons. The first kappa shape index (κ1) is 12.1. The minimum atomic E-state index is -0.0898. The molecule has 0 aliphatic heterocycles. The van der Waals surface area contributed by atoms with Crippen molar-refractivity contribution < 1.29 is 0 Å². The van der Waals surface area contributed by atoms with Crippen molar-refractivity contribution in [3.05, 3.63) is 11.6 Å². The van der Waals surface area contributed by atoms with Gasteiger partial charge in [-0.05, 0) is 39.3 Å². The standard InChI is InChI=1S/C11H16ClN5/c1-5-17-6-13-8-7(17)9(15-10(12)14-8)16-11(2,3)4/h6H,5H2,1-4H3,(H,14,15,16). The second kappa shape index (κ2) is 4.14. The smallest absolute Gasteiger partial charge is 0.226 e. The van der Waals surface area contributed by atoms with Crippen LogP contribution >= 0.6 is 11.6 Å². The lowest BCUT2D eigenvalue weighted by Crippen LogP contribution is -2.27. The summed E-state index contributed by atoms with van der Waals surface area (Å²) < 4.78 is 2.00. The van der Waals surface area contributed by atoms with Crippen molar-refractivity contribution in [1.82, 2.24) is 19.5 Å². The Morgan fingerprint density at radius 2 is 2.06 bits per heavy atom. The zero-order chi connectivity index (χ0) is 12.6. The number of hydrogen-bond acceptors (Lipinski definition) is 4. The first-order valence-corrected chi connectivity index (χ1v) is 5.95. The lowest BCUT2D eigenvalue weighted by molar-refractivity contribution is 0.630. The molecule has 0 atom stereocenters. The number of aromatic nitrogens is 4. The highest BCUT2D eigenvalue weighted by Gasteiger charge is 2.17. The predicted octanol–water partition coefficient (Wildman–Crippen LogP) is 2.71. The van der Waals surface area contributed by atoms with E-state index in [1.807, 2.05) is 4.57 Å². The van der Waals surface area contributed by atoms with Gasteiger partial charge in [0.15, 0.2) is 11.5 Å². The SMILES string of the molecule is CCn1cnc2nc(Cl)nc(NC(C)(C)C)c21. The van der Waals surface area contributed by atoms with Crippen LogP contribution in [0.5, 0.6) is 0 Å². The molecule has 0 aliphatic carbocycles. The summed E-state index contributed by atoms with van der Waals surface area (Å²) in [6, 6.07) is 0. The molecule has 0 fully saturated rings. The third-order valence-corrected chi connectivity index (χ3v) is 2.45. The molecule has 17 heavy (non-hydrogen) atoms. The fourth-order valence-electron chi connectivity index (χ4n) is 1.64. The molecule has 0 spiro atoms. The molecule has 0 aromatic carbocycles. The van der Waals surface area contributed by atoms with Crippen LogP contribution in [0.1, 0.15) is 27.7 Å². The van der Waals surface area contributed by atoms with E-state index >= 15 is 0 Å². The second-order valence-electron chi connectivity index (χ2n) is 4.92. The zero-order valence-electron chi connectivity index (χ0n) is 10.5. The van der Waals surface area contributed by atoms with Gasteiger partial charge in [0.1, 0.15) is 5.52 Å². The van der Waals surface area contributed by atoms with Gasteiger partial charge in [-0.1, -0.05) is 0 Å². The van der Waals surface area contributed by atoms with E-state index in [4.69, 9.17) is 11.6 Å². The third-order valence-electron chi connectivity index (χ3n) is 2.28. The highest BCUT2D eigenvalue weighted by molar-refractivity contribution is 6.28. The monoisotopic (exact) mass is 253 g/mol. The van der Waals surface area contributed by atoms with E-state index < -0.39 is 0 Å². The van der Waals surface area contributed by atoms with Crippen molar-refractivity contribution >= 4 is 28.6 Å². The second-order valence-corrected chi connectivity index (χ2v) is 5.26. The summed E-state index contributed by atoms with van der Waals surface area (Å²) in [5, 5.41) is 3.54. The molecule has 0 saturated heterocycles. The minimum Gasteiger partial charge on any atom is -0.364 e. The number of hydrogen-bond donors (Lipinski definition) is 1. The number of imidazole rings is 1. The highest BCUT2D eigenvalue weighted by Crippen LogP contribution is 2.24. The Hall–Kier alpha value is -1.36. The normalized spacial score (nSPS) is 12.1. The quantitative estimate of drug-likeness (QED) is 0.836. The van der Waals surface area contributed by atoms with Crippen molar-refractivity contribution in [2.45, 2.75) is 39.8 Å². The van der Waals surface area contributed by atoms with Crippen LogP contribution in [-0.2, 0) is 6.54 Å². The maximum absolute atomic E-state index is 5.89. The van der Waals surface area contributed by atoms with E-state index in [9.17, 15) is 0 Å². The van der Waals surface area contributed by atoms with Crippen LogP contribution in [-0.4, -0.2) is 25.1 Å².